The molecule has 0 bridgehead atoms. The number of carbonyl (C=O) groups is 1. The Labute approximate surface area is 201 Å². The Hall–Kier alpha value is -4.04. The summed E-state index contributed by atoms with van der Waals surface area (Å²) >= 11 is 0. The van der Waals surface area contributed by atoms with Gasteiger partial charge in [-0.2, -0.15) is 0 Å². The molecule has 1 saturated heterocycles. The molecule has 2 atom stereocenters. The molecule has 4 aromatic rings. The highest BCUT2D eigenvalue weighted by Gasteiger charge is 2.29. The van der Waals surface area contributed by atoms with E-state index in [9.17, 15) is 19.4 Å². The van der Waals surface area contributed by atoms with Crippen LogP contribution in [0.1, 0.15) is 23.7 Å². The predicted molar refractivity (Wildman–Crippen MR) is 131 cm³/mol. The maximum Gasteiger partial charge on any atom is 0.253 e. The van der Waals surface area contributed by atoms with E-state index in [-0.39, 0.29) is 11.8 Å². The molecule has 8 heteroatoms. The number of para-hydroxylation sites is 1. The number of aromatic nitrogens is 2. The third kappa shape index (κ3) is 4.65. The number of nitrogens with one attached hydrogen (secondary N) is 1. The average Bonchev–Trinajstić information content (AvgIpc) is 3.31. The van der Waals surface area contributed by atoms with Gasteiger partial charge in [-0.25, -0.2) is 14.4 Å². The molecule has 1 aliphatic rings. The van der Waals surface area contributed by atoms with Gasteiger partial charge in [0.15, 0.2) is 11.9 Å². The first-order valence-corrected chi connectivity index (χ1v) is 11.4. The minimum atomic E-state index is -1.37. The summed E-state index contributed by atoms with van der Waals surface area (Å²) in [6.07, 6.45) is -0.703. The average molecular weight is 473 g/mol. The quantitative estimate of drug-likeness (QED) is 0.408. The molecule has 1 amide bonds. The summed E-state index contributed by atoms with van der Waals surface area (Å²) < 4.78 is 13.2. The maximum atomic E-state index is 13.2. The van der Waals surface area contributed by atoms with Crippen LogP contribution in [-0.4, -0.2) is 45.2 Å². The number of nitrogens with zero attached hydrogens (tertiary/aromatic N) is 3. The number of rotatable bonds is 5. The van der Waals surface area contributed by atoms with Crippen molar-refractivity contribution in [2.45, 2.75) is 25.5 Å². The van der Waals surface area contributed by atoms with Gasteiger partial charge in [0.2, 0.25) is 0 Å². The fraction of sp³-hybridized carbons (Fsp3) is 0.222. The van der Waals surface area contributed by atoms with Gasteiger partial charge in [0, 0.05) is 24.5 Å². The van der Waals surface area contributed by atoms with Gasteiger partial charge in [-0.15, -0.1) is 0 Å². The van der Waals surface area contributed by atoms with Crippen LogP contribution in [0.5, 0.6) is 5.75 Å². The van der Waals surface area contributed by atoms with Crippen LogP contribution >= 0.6 is 0 Å². The molecule has 0 saturated carbocycles. The number of anilines is 1. The van der Waals surface area contributed by atoms with Gasteiger partial charge in [-0.3, -0.25) is 4.79 Å². The lowest BCUT2D eigenvalue weighted by Gasteiger charge is -2.21. The highest BCUT2D eigenvalue weighted by Crippen LogP contribution is 2.33. The third-order valence-corrected chi connectivity index (χ3v) is 6.25. The molecule has 1 fully saturated rings. The normalized spacial score (nSPS) is 16.4. The fourth-order valence-corrected chi connectivity index (χ4v) is 4.39. The Morgan fingerprint density at radius 1 is 1.11 bits per heavy atom. The lowest BCUT2D eigenvalue weighted by atomic mass is 10.1. The van der Waals surface area contributed by atoms with E-state index in [2.05, 4.69) is 10.2 Å². The molecule has 5 rings (SSSR count). The second-order valence-electron chi connectivity index (χ2n) is 8.80. The summed E-state index contributed by atoms with van der Waals surface area (Å²) in [5.74, 6) is 0.302. The van der Waals surface area contributed by atoms with Gasteiger partial charge in [0.05, 0.1) is 11.1 Å². The molecular formula is C27H25FN4O3. The Kier molecular flexibility index (Phi) is 6.05. The second kappa shape index (κ2) is 9.31. The zero-order valence-electron chi connectivity index (χ0n) is 19.1. The molecule has 1 aromatic heterocycles. The summed E-state index contributed by atoms with van der Waals surface area (Å²) in [7, 11) is 0. The van der Waals surface area contributed by atoms with Crippen LogP contribution in [0.3, 0.4) is 0 Å². The number of fused-ring (bicyclic) bond motifs is 1. The number of hydrogen-bond donors (Lipinski definition) is 3. The van der Waals surface area contributed by atoms with Crippen molar-refractivity contribution >= 4 is 22.6 Å². The standard InChI is InChI=1S/C27H25FN4O3/c1-16-6-11-20-22(14-16)30-25(21-4-2-3-5-23(21)33)31-26(20)32-13-12-19(15-32)29-27(35)24(34)17-7-9-18(28)10-8-17/h2-11,14,19,24,33-34H,12-13,15H2,1H3,(H,29,35)/t19-,24?/m1/s1. The SMILES string of the molecule is Cc1ccc2c(N3CC[C@@H](NC(=O)C(O)c4ccc(F)cc4)C3)nc(-c3ccccc3O)nc2c1. The number of benzene rings is 3. The van der Waals surface area contributed by atoms with Crippen LogP contribution in [0.4, 0.5) is 10.2 Å². The lowest BCUT2D eigenvalue weighted by Crippen LogP contribution is -2.40. The van der Waals surface area contributed by atoms with E-state index >= 15 is 0 Å². The van der Waals surface area contributed by atoms with Crippen molar-refractivity contribution < 1.29 is 19.4 Å². The van der Waals surface area contributed by atoms with Crippen LogP contribution in [0, 0.1) is 12.7 Å². The van der Waals surface area contributed by atoms with Gasteiger partial charge in [0.25, 0.3) is 5.91 Å². The molecule has 0 radical (unpaired) electrons. The van der Waals surface area contributed by atoms with E-state index in [4.69, 9.17) is 9.97 Å². The molecule has 0 spiro atoms. The molecule has 7 nitrogen and oxygen atoms in total. The van der Waals surface area contributed by atoms with Crippen molar-refractivity contribution in [3.63, 3.8) is 0 Å². The van der Waals surface area contributed by atoms with Crippen LogP contribution < -0.4 is 10.2 Å². The first-order chi connectivity index (χ1) is 16.9. The minimum absolute atomic E-state index is 0.104. The van der Waals surface area contributed by atoms with Crippen molar-refractivity contribution in [1.82, 2.24) is 15.3 Å². The van der Waals surface area contributed by atoms with E-state index in [0.29, 0.717) is 36.5 Å². The van der Waals surface area contributed by atoms with E-state index in [0.717, 1.165) is 22.3 Å². The van der Waals surface area contributed by atoms with E-state index in [1.165, 1.54) is 24.3 Å². The first kappa shape index (κ1) is 22.7. The molecule has 178 valence electrons. The molecule has 2 heterocycles. The van der Waals surface area contributed by atoms with Crippen molar-refractivity contribution in [1.29, 1.82) is 0 Å². The number of amides is 1. The van der Waals surface area contributed by atoms with Crippen molar-refractivity contribution in [3.05, 3.63) is 83.7 Å². The Morgan fingerprint density at radius 3 is 2.66 bits per heavy atom. The number of hydrogen-bond acceptors (Lipinski definition) is 6. The molecule has 3 N–H and O–H groups in total. The molecular weight excluding hydrogens is 447 g/mol. The van der Waals surface area contributed by atoms with Gasteiger partial charge in [-0.05, 0) is 60.9 Å². The van der Waals surface area contributed by atoms with E-state index in [1.54, 1.807) is 18.2 Å². The zero-order chi connectivity index (χ0) is 24.5. The van der Waals surface area contributed by atoms with Gasteiger partial charge in [-0.1, -0.05) is 30.3 Å². The van der Waals surface area contributed by atoms with Gasteiger partial charge >= 0.3 is 0 Å². The summed E-state index contributed by atoms with van der Waals surface area (Å²) in [4.78, 5) is 24.2. The Morgan fingerprint density at radius 2 is 1.89 bits per heavy atom. The van der Waals surface area contributed by atoms with Gasteiger partial charge in [0.1, 0.15) is 17.4 Å². The largest absolute Gasteiger partial charge is 0.507 e. The first-order valence-electron chi connectivity index (χ1n) is 11.4. The Balaban J connectivity index is 1.40. The molecule has 35 heavy (non-hydrogen) atoms. The zero-order valence-corrected chi connectivity index (χ0v) is 19.1. The van der Waals surface area contributed by atoms with Crippen molar-refractivity contribution in [3.8, 4) is 17.1 Å². The molecule has 1 unspecified atom stereocenters. The summed E-state index contributed by atoms with van der Waals surface area (Å²) in [6, 6.07) is 18.0. The summed E-state index contributed by atoms with van der Waals surface area (Å²) in [6.45, 7) is 3.15. The number of aliphatic hydroxyl groups excluding tert-OH is 1. The molecule has 3 aromatic carbocycles. The number of aryl methyl sites for hydroxylation is 1. The topological polar surface area (TPSA) is 98.6 Å². The predicted octanol–water partition coefficient (Wildman–Crippen LogP) is 3.88. The Bertz CT molecular complexity index is 1390. The minimum Gasteiger partial charge on any atom is -0.507 e. The molecule has 0 aliphatic carbocycles. The number of aromatic hydroxyl groups is 1. The maximum absolute atomic E-state index is 13.2. The van der Waals surface area contributed by atoms with Crippen molar-refractivity contribution in [2.24, 2.45) is 0 Å². The van der Waals surface area contributed by atoms with E-state index in [1.807, 2.05) is 31.2 Å². The third-order valence-electron chi connectivity index (χ3n) is 6.25. The number of phenolic OH excluding ortho intramolecular Hbond substituents is 1. The number of phenols is 1. The second-order valence-corrected chi connectivity index (χ2v) is 8.80. The summed E-state index contributed by atoms with van der Waals surface area (Å²) in [5, 5.41) is 24.5. The van der Waals surface area contributed by atoms with Gasteiger partial charge < -0.3 is 20.4 Å². The van der Waals surface area contributed by atoms with Crippen LogP contribution in [0.25, 0.3) is 22.3 Å². The fourth-order valence-electron chi connectivity index (χ4n) is 4.39. The monoisotopic (exact) mass is 472 g/mol. The number of carbonyl (C=O) groups excluding carboxylic acids is 1. The summed E-state index contributed by atoms with van der Waals surface area (Å²) in [5.41, 5.74) is 2.71. The van der Waals surface area contributed by atoms with Crippen LogP contribution in [0.15, 0.2) is 66.7 Å². The highest BCUT2D eigenvalue weighted by atomic mass is 19.1. The lowest BCUT2D eigenvalue weighted by molar-refractivity contribution is -0.130. The van der Waals surface area contributed by atoms with Crippen LogP contribution in [-0.2, 0) is 4.79 Å². The number of halogens is 1. The number of aliphatic hydroxyl groups is 1. The highest BCUT2D eigenvalue weighted by molar-refractivity contribution is 5.92. The smallest absolute Gasteiger partial charge is 0.253 e. The van der Waals surface area contributed by atoms with Crippen LogP contribution in [0.2, 0.25) is 0 Å². The molecule has 1 aliphatic heterocycles. The van der Waals surface area contributed by atoms with Crippen molar-refractivity contribution in [2.75, 3.05) is 18.0 Å². The van der Waals surface area contributed by atoms with E-state index < -0.39 is 17.8 Å².